The largest absolute Gasteiger partial charge is 0.497 e. The van der Waals surface area contributed by atoms with Crippen molar-refractivity contribution in [2.24, 2.45) is 0 Å². The lowest BCUT2D eigenvalue weighted by Crippen LogP contribution is -2.45. The summed E-state index contributed by atoms with van der Waals surface area (Å²) < 4.78 is 38.4. The number of nitrogens with zero attached hydrogens (tertiary/aromatic N) is 1. The highest BCUT2D eigenvalue weighted by Crippen LogP contribution is 2.27. The zero-order valence-electron chi connectivity index (χ0n) is 19.5. The van der Waals surface area contributed by atoms with Crippen LogP contribution in [0, 0.1) is 0 Å². The van der Waals surface area contributed by atoms with Crippen molar-refractivity contribution in [1.29, 1.82) is 0 Å². The third-order valence-electron chi connectivity index (χ3n) is 4.96. The summed E-state index contributed by atoms with van der Waals surface area (Å²) in [6, 6.07) is 11.5. The Morgan fingerprint density at radius 1 is 1.06 bits per heavy atom. The normalized spacial score (nSPS) is 13.0. The van der Waals surface area contributed by atoms with Crippen LogP contribution in [0.2, 0.25) is 0 Å². The summed E-state index contributed by atoms with van der Waals surface area (Å²) in [5.74, 6) is 0.326. The van der Waals surface area contributed by atoms with Gasteiger partial charge in [0.05, 0.1) is 24.1 Å². The van der Waals surface area contributed by atoms with Gasteiger partial charge in [-0.3, -0.25) is 9.59 Å². The van der Waals surface area contributed by atoms with E-state index >= 15 is 0 Å². The van der Waals surface area contributed by atoms with Crippen molar-refractivity contribution in [3.05, 3.63) is 54.1 Å². The van der Waals surface area contributed by atoms with E-state index < -0.39 is 28.0 Å². The molecule has 1 unspecified atom stereocenters. The maximum Gasteiger partial charge on any atom is 0.259 e. The standard InChI is InChI=1S/C23H31N3O6S/c1-6-20(19-9-7-8-10-21(19)32-15-22(27)26(3)4)24-23(28)16(2)25-33(29,30)18-13-11-17(31-5)12-14-18/h7-14,16,20,25H,6,15H2,1-5H3,(H,24,28)/t16-,20?/m0/s1. The molecule has 0 saturated carbocycles. The summed E-state index contributed by atoms with van der Waals surface area (Å²) in [4.78, 5) is 26.1. The molecule has 0 saturated heterocycles. The van der Waals surface area contributed by atoms with Crippen molar-refractivity contribution in [3.8, 4) is 11.5 Å². The minimum atomic E-state index is -3.90. The Balaban J connectivity index is 2.10. The maximum atomic E-state index is 12.8. The van der Waals surface area contributed by atoms with Crippen LogP contribution in [0.3, 0.4) is 0 Å². The van der Waals surface area contributed by atoms with Gasteiger partial charge < -0.3 is 19.7 Å². The van der Waals surface area contributed by atoms with Gasteiger partial charge in [0.2, 0.25) is 15.9 Å². The number of carbonyl (C=O) groups is 2. The van der Waals surface area contributed by atoms with Crippen LogP contribution >= 0.6 is 0 Å². The van der Waals surface area contributed by atoms with E-state index in [0.29, 0.717) is 23.5 Å². The lowest BCUT2D eigenvalue weighted by molar-refractivity contribution is -0.130. The minimum absolute atomic E-state index is 0.0271. The van der Waals surface area contributed by atoms with Gasteiger partial charge in [-0.1, -0.05) is 25.1 Å². The Hall–Kier alpha value is -3.11. The van der Waals surface area contributed by atoms with E-state index in [1.807, 2.05) is 6.92 Å². The second-order valence-electron chi connectivity index (χ2n) is 7.60. The van der Waals surface area contributed by atoms with Crippen molar-refractivity contribution >= 4 is 21.8 Å². The number of para-hydroxylation sites is 1. The van der Waals surface area contributed by atoms with Crippen LogP contribution in [0.1, 0.15) is 31.9 Å². The summed E-state index contributed by atoms with van der Waals surface area (Å²) in [6.45, 7) is 3.23. The van der Waals surface area contributed by atoms with Gasteiger partial charge in [-0.25, -0.2) is 8.42 Å². The molecular weight excluding hydrogens is 446 g/mol. The minimum Gasteiger partial charge on any atom is -0.497 e. The topological polar surface area (TPSA) is 114 Å². The van der Waals surface area contributed by atoms with E-state index in [9.17, 15) is 18.0 Å². The third kappa shape index (κ3) is 7.19. The first-order valence-corrected chi connectivity index (χ1v) is 12.0. The average Bonchev–Trinajstić information content (AvgIpc) is 2.80. The van der Waals surface area contributed by atoms with Crippen LogP contribution < -0.4 is 19.5 Å². The van der Waals surface area contributed by atoms with Crippen molar-refractivity contribution in [2.45, 2.75) is 37.2 Å². The summed E-state index contributed by atoms with van der Waals surface area (Å²) in [5, 5.41) is 2.86. The molecule has 0 fully saturated rings. The molecule has 33 heavy (non-hydrogen) atoms. The number of rotatable bonds is 11. The van der Waals surface area contributed by atoms with Crippen molar-refractivity contribution in [3.63, 3.8) is 0 Å². The Morgan fingerprint density at radius 2 is 1.70 bits per heavy atom. The van der Waals surface area contributed by atoms with E-state index in [4.69, 9.17) is 9.47 Å². The number of ether oxygens (including phenoxy) is 2. The van der Waals surface area contributed by atoms with E-state index in [1.165, 1.54) is 43.2 Å². The van der Waals surface area contributed by atoms with Gasteiger partial charge in [0, 0.05) is 19.7 Å². The molecule has 2 N–H and O–H groups in total. The first kappa shape index (κ1) is 26.1. The van der Waals surface area contributed by atoms with Crippen LogP contribution in [0.25, 0.3) is 0 Å². The number of sulfonamides is 1. The second-order valence-corrected chi connectivity index (χ2v) is 9.32. The van der Waals surface area contributed by atoms with E-state index in [2.05, 4.69) is 10.0 Å². The molecule has 0 radical (unpaired) electrons. The molecule has 9 nitrogen and oxygen atoms in total. The third-order valence-corrected chi connectivity index (χ3v) is 6.52. The van der Waals surface area contributed by atoms with Gasteiger partial charge in [-0.2, -0.15) is 4.72 Å². The lowest BCUT2D eigenvalue weighted by atomic mass is 10.0. The van der Waals surface area contributed by atoms with Gasteiger partial charge in [0.15, 0.2) is 6.61 Å². The quantitative estimate of drug-likeness (QED) is 0.512. The molecular formula is C23H31N3O6S. The first-order chi connectivity index (χ1) is 15.6. The van der Waals surface area contributed by atoms with Crippen LogP contribution in [-0.2, 0) is 19.6 Å². The van der Waals surface area contributed by atoms with Crippen LogP contribution in [0.5, 0.6) is 11.5 Å². The highest BCUT2D eigenvalue weighted by atomic mass is 32.2. The highest BCUT2D eigenvalue weighted by molar-refractivity contribution is 7.89. The monoisotopic (exact) mass is 477 g/mol. The van der Waals surface area contributed by atoms with Crippen LogP contribution in [0.4, 0.5) is 0 Å². The molecule has 2 aromatic carbocycles. The zero-order valence-corrected chi connectivity index (χ0v) is 20.3. The summed E-state index contributed by atoms with van der Waals surface area (Å²) >= 11 is 0. The molecule has 2 atom stereocenters. The Morgan fingerprint density at radius 3 is 2.27 bits per heavy atom. The summed E-state index contributed by atoms with van der Waals surface area (Å²) in [5.41, 5.74) is 0.699. The van der Waals surface area contributed by atoms with Crippen molar-refractivity contribution < 1.29 is 27.5 Å². The molecule has 0 aliphatic rings. The summed E-state index contributed by atoms with van der Waals surface area (Å²) in [7, 11) is 0.863. The van der Waals surface area contributed by atoms with Gasteiger partial charge in [0.25, 0.3) is 5.91 Å². The molecule has 2 amide bonds. The lowest BCUT2D eigenvalue weighted by Gasteiger charge is -2.23. The SMILES string of the molecule is CCC(NC(=O)[C@H](C)NS(=O)(=O)c1ccc(OC)cc1)c1ccccc1OCC(=O)N(C)C. The molecule has 0 aliphatic heterocycles. The summed E-state index contributed by atoms with van der Waals surface area (Å²) in [6.07, 6.45) is 0.533. The number of carbonyl (C=O) groups excluding carboxylic acids is 2. The predicted molar refractivity (Wildman–Crippen MR) is 125 cm³/mol. The molecule has 0 heterocycles. The number of benzene rings is 2. The highest BCUT2D eigenvalue weighted by Gasteiger charge is 2.25. The number of likely N-dealkylation sites (N-methyl/N-ethyl adjacent to an activating group) is 1. The number of hydrogen-bond donors (Lipinski definition) is 2. The van der Waals surface area contributed by atoms with Crippen LogP contribution in [0.15, 0.2) is 53.4 Å². The number of nitrogens with one attached hydrogen (secondary N) is 2. The molecule has 2 rings (SSSR count). The molecule has 0 aliphatic carbocycles. The number of amides is 2. The predicted octanol–water partition coefficient (Wildman–Crippen LogP) is 2.10. The molecule has 0 spiro atoms. The maximum absolute atomic E-state index is 12.8. The van der Waals surface area contributed by atoms with E-state index in [1.54, 1.807) is 38.4 Å². The van der Waals surface area contributed by atoms with Crippen LogP contribution in [-0.4, -0.2) is 59.0 Å². The number of hydrogen-bond acceptors (Lipinski definition) is 6. The van der Waals surface area contributed by atoms with Gasteiger partial charge in [-0.05, 0) is 43.7 Å². The Bertz CT molecular complexity index is 1050. The fourth-order valence-corrected chi connectivity index (χ4v) is 4.18. The molecule has 0 aromatic heterocycles. The smallest absolute Gasteiger partial charge is 0.259 e. The van der Waals surface area contributed by atoms with Gasteiger partial charge in [-0.15, -0.1) is 0 Å². The molecule has 2 aromatic rings. The van der Waals surface area contributed by atoms with Gasteiger partial charge in [0.1, 0.15) is 11.5 Å². The number of methoxy groups -OCH3 is 1. The first-order valence-electron chi connectivity index (χ1n) is 10.5. The second kappa shape index (κ2) is 11.7. The molecule has 180 valence electrons. The zero-order chi connectivity index (χ0) is 24.6. The Labute approximate surface area is 195 Å². The average molecular weight is 478 g/mol. The molecule has 10 heteroatoms. The Kier molecular flexibility index (Phi) is 9.24. The fourth-order valence-electron chi connectivity index (χ4n) is 2.97. The van der Waals surface area contributed by atoms with Crippen molar-refractivity contribution in [1.82, 2.24) is 14.9 Å². The van der Waals surface area contributed by atoms with Crippen molar-refractivity contribution in [2.75, 3.05) is 27.8 Å². The van der Waals surface area contributed by atoms with Gasteiger partial charge >= 0.3 is 0 Å². The molecule has 0 bridgehead atoms. The van der Waals surface area contributed by atoms with E-state index in [-0.39, 0.29) is 17.4 Å². The fraction of sp³-hybridized carbons (Fsp3) is 0.391. The van der Waals surface area contributed by atoms with E-state index in [0.717, 1.165) is 0 Å².